The molecule has 1 aliphatic heterocycles. The molecule has 4 rings (SSSR count). The van der Waals surface area contributed by atoms with Crippen molar-refractivity contribution >= 4 is 23.8 Å². The summed E-state index contributed by atoms with van der Waals surface area (Å²) in [6, 6.07) is 16.0. The van der Waals surface area contributed by atoms with Gasteiger partial charge in [0.05, 0.1) is 16.8 Å². The first kappa shape index (κ1) is 13.6. The molecule has 2 amide bonds. The number of aromatic nitrogens is 4. The van der Waals surface area contributed by atoms with E-state index in [0.717, 1.165) is 21.9 Å². The van der Waals surface area contributed by atoms with Crippen molar-refractivity contribution in [2.45, 2.75) is 5.16 Å². The molecule has 23 heavy (non-hydrogen) atoms. The number of para-hydroxylation sites is 1. The van der Waals surface area contributed by atoms with Crippen molar-refractivity contribution in [2.24, 2.45) is 0 Å². The average Bonchev–Trinajstić information content (AvgIpc) is 3.15. The third-order valence-electron chi connectivity index (χ3n) is 3.37. The molecule has 0 radical (unpaired) electrons. The fourth-order valence-electron chi connectivity index (χ4n) is 2.30. The predicted octanol–water partition coefficient (Wildman–Crippen LogP) is 1.97. The SMILES string of the molecule is O=C1c2ccccc2C(=O)N1Sc1nnnn1-c1ccccc1. The van der Waals surface area contributed by atoms with Gasteiger partial charge in [-0.05, 0) is 34.7 Å². The van der Waals surface area contributed by atoms with Gasteiger partial charge in [0.1, 0.15) is 0 Å². The molecule has 0 aliphatic carbocycles. The summed E-state index contributed by atoms with van der Waals surface area (Å²) in [6.07, 6.45) is 0. The topological polar surface area (TPSA) is 81.0 Å². The van der Waals surface area contributed by atoms with Gasteiger partial charge in [0.25, 0.3) is 11.8 Å². The Balaban J connectivity index is 1.68. The number of hydrogen-bond donors (Lipinski definition) is 0. The molecule has 8 heteroatoms. The summed E-state index contributed by atoms with van der Waals surface area (Å²) in [5.41, 5.74) is 1.53. The Morgan fingerprint density at radius 2 is 1.43 bits per heavy atom. The van der Waals surface area contributed by atoms with Crippen molar-refractivity contribution in [1.29, 1.82) is 0 Å². The number of nitrogens with zero attached hydrogens (tertiary/aromatic N) is 5. The van der Waals surface area contributed by atoms with Gasteiger partial charge in [0.15, 0.2) is 0 Å². The predicted molar refractivity (Wildman–Crippen MR) is 82.0 cm³/mol. The molecule has 0 spiro atoms. The zero-order valence-electron chi connectivity index (χ0n) is 11.7. The number of carbonyl (C=O) groups is 2. The van der Waals surface area contributed by atoms with E-state index >= 15 is 0 Å². The van der Waals surface area contributed by atoms with Crippen LogP contribution in [0.3, 0.4) is 0 Å². The summed E-state index contributed by atoms with van der Waals surface area (Å²) in [7, 11) is 0. The highest BCUT2D eigenvalue weighted by molar-refractivity contribution is 7.98. The standard InChI is InChI=1S/C15H9N5O2S/c21-13-11-8-4-5-9-12(11)14(22)20(13)23-15-16-17-18-19(15)10-6-2-1-3-7-10/h1-9H. The van der Waals surface area contributed by atoms with E-state index in [-0.39, 0.29) is 11.8 Å². The van der Waals surface area contributed by atoms with Gasteiger partial charge in [-0.15, -0.1) is 0 Å². The van der Waals surface area contributed by atoms with Crippen LogP contribution in [-0.4, -0.2) is 36.3 Å². The lowest BCUT2D eigenvalue weighted by Crippen LogP contribution is -2.22. The minimum atomic E-state index is -0.363. The maximum absolute atomic E-state index is 12.4. The van der Waals surface area contributed by atoms with Crippen LogP contribution >= 0.6 is 11.9 Å². The molecule has 2 heterocycles. The molecular weight excluding hydrogens is 314 g/mol. The summed E-state index contributed by atoms with van der Waals surface area (Å²) in [5, 5.41) is 11.8. The van der Waals surface area contributed by atoms with E-state index in [1.807, 2.05) is 30.3 Å². The highest BCUT2D eigenvalue weighted by Gasteiger charge is 2.37. The second-order valence-electron chi connectivity index (χ2n) is 4.75. The fraction of sp³-hybridized carbons (Fsp3) is 0. The normalized spacial score (nSPS) is 13.5. The van der Waals surface area contributed by atoms with Gasteiger partial charge < -0.3 is 0 Å². The number of imide groups is 1. The lowest BCUT2D eigenvalue weighted by molar-refractivity contribution is 0.0776. The summed E-state index contributed by atoms with van der Waals surface area (Å²) < 4.78 is 2.56. The molecule has 7 nitrogen and oxygen atoms in total. The Kier molecular flexibility index (Phi) is 3.16. The molecule has 1 aliphatic rings. The van der Waals surface area contributed by atoms with Gasteiger partial charge in [0.2, 0.25) is 5.16 Å². The van der Waals surface area contributed by atoms with Gasteiger partial charge in [-0.2, -0.15) is 4.68 Å². The monoisotopic (exact) mass is 323 g/mol. The lowest BCUT2D eigenvalue weighted by Gasteiger charge is -2.11. The molecule has 0 unspecified atom stereocenters. The third-order valence-corrected chi connectivity index (χ3v) is 4.30. The van der Waals surface area contributed by atoms with Gasteiger partial charge in [-0.1, -0.05) is 35.4 Å². The number of amides is 2. The summed E-state index contributed by atoms with van der Waals surface area (Å²) in [6.45, 7) is 0. The highest BCUT2D eigenvalue weighted by Crippen LogP contribution is 2.32. The molecule has 2 aromatic carbocycles. The van der Waals surface area contributed by atoms with Crippen LogP contribution in [0.15, 0.2) is 59.8 Å². The maximum atomic E-state index is 12.4. The summed E-state index contributed by atoms with van der Waals surface area (Å²) >= 11 is 0.913. The van der Waals surface area contributed by atoms with Gasteiger partial charge >= 0.3 is 0 Å². The Labute approximate surface area is 135 Å². The van der Waals surface area contributed by atoms with E-state index in [2.05, 4.69) is 15.5 Å². The van der Waals surface area contributed by atoms with Crippen LogP contribution in [0.4, 0.5) is 0 Å². The molecule has 0 atom stereocenters. The van der Waals surface area contributed by atoms with E-state index in [4.69, 9.17) is 0 Å². The van der Waals surface area contributed by atoms with Crippen LogP contribution in [0.2, 0.25) is 0 Å². The fourth-order valence-corrected chi connectivity index (χ4v) is 3.12. The van der Waals surface area contributed by atoms with Crippen molar-refractivity contribution in [3.05, 3.63) is 65.7 Å². The van der Waals surface area contributed by atoms with Crippen molar-refractivity contribution in [3.63, 3.8) is 0 Å². The van der Waals surface area contributed by atoms with Crippen LogP contribution in [0, 0.1) is 0 Å². The van der Waals surface area contributed by atoms with Crippen molar-refractivity contribution in [1.82, 2.24) is 24.5 Å². The molecule has 0 N–H and O–H groups in total. The van der Waals surface area contributed by atoms with Crippen LogP contribution in [0.25, 0.3) is 5.69 Å². The Morgan fingerprint density at radius 1 is 0.826 bits per heavy atom. The number of carbonyl (C=O) groups excluding carboxylic acids is 2. The van der Waals surface area contributed by atoms with E-state index in [9.17, 15) is 9.59 Å². The average molecular weight is 323 g/mol. The second-order valence-corrected chi connectivity index (χ2v) is 5.66. The Bertz CT molecular complexity index is 874. The number of hydrogen-bond acceptors (Lipinski definition) is 6. The summed E-state index contributed by atoms with van der Waals surface area (Å²) in [5.74, 6) is -0.726. The van der Waals surface area contributed by atoms with Crippen molar-refractivity contribution in [3.8, 4) is 5.69 Å². The first-order chi connectivity index (χ1) is 11.3. The Hall–Kier alpha value is -3.00. The third kappa shape index (κ3) is 2.20. The quantitative estimate of drug-likeness (QED) is 0.541. The van der Waals surface area contributed by atoms with E-state index in [1.165, 1.54) is 4.68 Å². The van der Waals surface area contributed by atoms with Gasteiger partial charge in [-0.25, -0.2) is 4.31 Å². The number of tetrazole rings is 1. The molecule has 3 aromatic rings. The van der Waals surface area contributed by atoms with E-state index < -0.39 is 0 Å². The molecule has 1 aromatic heterocycles. The second kappa shape index (κ2) is 5.33. The molecule has 0 saturated heterocycles. The molecule has 0 bridgehead atoms. The summed E-state index contributed by atoms with van der Waals surface area (Å²) in [4.78, 5) is 24.8. The minimum absolute atomic E-state index is 0.339. The number of fused-ring (bicyclic) bond motifs is 1. The zero-order chi connectivity index (χ0) is 15.8. The van der Waals surface area contributed by atoms with Crippen LogP contribution in [-0.2, 0) is 0 Å². The number of benzene rings is 2. The first-order valence-corrected chi connectivity index (χ1v) is 7.52. The van der Waals surface area contributed by atoms with E-state index in [0.29, 0.717) is 16.3 Å². The molecule has 112 valence electrons. The van der Waals surface area contributed by atoms with Crippen LogP contribution in [0.5, 0.6) is 0 Å². The van der Waals surface area contributed by atoms with E-state index in [1.54, 1.807) is 24.3 Å². The van der Waals surface area contributed by atoms with Gasteiger partial charge in [-0.3, -0.25) is 9.59 Å². The Morgan fingerprint density at radius 3 is 2.09 bits per heavy atom. The first-order valence-electron chi connectivity index (χ1n) is 6.75. The molecule has 0 fully saturated rings. The molecule has 0 saturated carbocycles. The number of rotatable bonds is 3. The van der Waals surface area contributed by atoms with Gasteiger partial charge in [0, 0.05) is 11.9 Å². The smallest absolute Gasteiger partial charge is 0.268 e. The zero-order valence-corrected chi connectivity index (χ0v) is 12.5. The maximum Gasteiger partial charge on any atom is 0.272 e. The minimum Gasteiger partial charge on any atom is -0.268 e. The van der Waals surface area contributed by atoms with Crippen molar-refractivity contribution in [2.75, 3.05) is 0 Å². The van der Waals surface area contributed by atoms with Crippen molar-refractivity contribution < 1.29 is 9.59 Å². The van der Waals surface area contributed by atoms with Crippen LogP contribution in [0.1, 0.15) is 20.7 Å². The largest absolute Gasteiger partial charge is 0.272 e. The lowest BCUT2D eigenvalue weighted by atomic mass is 10.1. The highest BCUT2D eigenvalue weighted by atomic mass is 32.2. The molecular formula is C15H9N5O2S. The van der Waals surface area contributed by atoms with Crippen LogP contribution < -0.4 is 0 Å².